The predicted molar refractivity (Wildman–Crippen MR) is 64.8 cm³/mol. The van der Waals surface area contributed by atoms with E-state index in [9.17, 15) is 0 Å². The highest BCUT2D eigenvalue weighted by Crippen LogP contribution is 2.26. The van der Waals surface area contributed by atoms with Gasteiger partial charge < -0.3 is 10.6 Å². The van der Waals surface area contributed by atoms with Crippen LogP contribution in [0.4, 0.5) is 11.9 Å². The molecule has 5 nitrogen and oxygen atoms in total. The maximum atomic E-state index is 5.80. The van der Waals surface area contributed by atoms with Crippen molar-refractivity contribution in [1.82, 2.24) is 15.0 Å². The van der Waals surface area contributed by atoms with E-state index < -0.39 is 0 Å². The molecule has 1 aliphatic rings. The summed E-state index contributed by atoms with van der Waals surface area (Å²) in [7, 11) is 1.76. The van der Waals surface area contributed by atoms with Gasteiger partial charge in [-0.1, -0.05) is 6.92 Å². The zero-order valence-electron chi connectivity index (χ0n) is 9.50. The molecule has 0 saturated heterocycles. The zero-order chi connectivity index (χ0) is 11.5. The summed E-state index contributed by atoms with van der Waals surface area (Å²) in [4.78, 5) is 12.2. The van der Waals surface area contributed by atoms with Gasteiger partial charge in [0.25, 0.3) is 0 Å². The fourth-order valence-electron chi connectivity index (χ4n) is 2.05. The average molecular weight is 242 g/mol. The lowest BCUT2D eigenvalue weighted by Crippen LogP contribution is -2.18. The number of nitrogens with one attached hydrogen (secondary N) is 2. The van der Waals surface area contributed by atoms with Gasteiger partial charge in [-0.3, -0.25) is 0 Å². The monoisotopic (exact) mass is 241 g/mol. The van der Waals surface area contributed by atoms with Crippen molar-refractivity contribution in [2.24, 2.45) is 5.92 Å². The molecular weight excluding hydrogens is 226 g/mol. The van der Waals surface area contributed by atoms with Crippen molar-refractivity contribution in [3.63, 3.8) is 0 Å². The van der Waals surface area contributed by atoms with E-state index in [1.807, 2.05) is 0 Å². The minimum Gasteiger partial charge on any atom is -0.357 e. The van der Waals surface area contributed by atoms with E-state index in [1.54, 1.807) is 7.05 Å². The van der Waals surface area contributed by atoms with Crippen LogP contribution in [0.3, 0.4) is 0 Å². The lowest BCUT2D eigenvalue weighted by molar-refractivity contribution is 0.601. The van der Waals surface area contributed by atoms with Crippen LogP contribution >= 0.6 is 11.6 Å². The molecule has 2 atom stereocenters. The summed E-state index contributed by atoms with van der Waals surface area (Å²) in [5, 5.41) is 6.37. The summed E-state index contributed by atoms with van der Waals surface area (Å²) in [5.41, 5.74) is 0. The minimum absolute atomic E-state index is 0.216. The molecule has 88 valence electrons. The molecule has 1 heterocycles. The largest absolute Gasteiger partial charge is 0.357 e. The fourth-order valence-corrected chi connectivity index (χ4v) is 2.21. The van der Waals surface area contributed by atoms with E-state index in [4.69, 9.17) is 11.6 Å². The Morgan fingerprint density at radius 3 is 2.56 bits per heavy atom. The van der Waals surface area contributed by atoms with Crippen LogP contribution in [0.5, 0.6) is 0 Å². The maximum absolute atomic E-state index is 5.80. The topological polar surface area (TPSA) is 62.7 Å². The quantitative estimate of drug-likeness (QED) is 0.849. The molecule has 0 bridgehead atoms. The molecule has 2 N–H and O–H groups in total. The molecular formula is C10H16ClN5. The molecule has 0 aliphatic heterocycles. The zero-order valence-corrected chi connectivity index (χ0v) is 10.3. The van der Waals surface area contributed by atoms with E-state index in [2.05, 4.69) is 32.5 Å². The fraction of sp³-hybridized carbons (Fsp3) is 0.700. The van der Waals surface area contributed by atoms with E-state index in [0.29, 0.717) is 17.9 Å². The number of hydrogen-bond acceptors (Lipinski definition) is 5. The Morgan fingerprint density at radius 1 is 1.19 bits per heavy atom. The predicted octanol–water partition coefficient (Wildman–Crippen LogP) is 2.17. The van der Waals surface area contributed by atoms with Crippen LogP contribution in [-0.4, -0.2) is 28.0 Å². The second-order valence-electron chi connectivity index (χ2n) is 4.26. The van der Waals surface area contributed by atoms with Gasteiger partial charge in [-0.05, 0) is 36.8 Å². The first-order valence-electron chi connectivity index (χ1n) is 5.53. The molecule has 0 amide bonds. The number of aromatic nitrogens is 3. The first kappa shape index (κ1) is 11.4. The Bertz CT molecular complexity index is 370. The Morgan fingerprint density at radius 2 is 1.94 bits per heavy atom. The number of rotatable bonds is 3. The van der Waals surface area contributed by atoms with Crippen molar-refractivity contribution in [1.29, 1.82) is 0 Å². The summed E-state index contributed by atoms with van der Waals surface area (Å²) < 4.78 is 0. The van der Waals surface area contributed by atoms with Gasteiger partial charge in [-0.25, -0.2) is 0 Å². The van der Waals surface area contributed by atoms with Crippen LogP contribution in [0, 0.1) is 5.92 Å². The summed E-state index contributed by atoms with van der Waals surface area (Å²) in [5.74, 6) is 1.83. The van der Waals surface area contributed by atoms with Crippen molar-refractivity contribution in [3.8, 4) is 0 Å². The van der Waals surface area contributed by atoms with Gasteiger partial charge >= 0.3 is 0 Å². The first-order valence-corrected chi connectivity index (χ1v) is 5.91. The number of halogens is 1. The molecule has 1 saturated carbocycles. The highest BCUT2D eigenvalue weighted by Gasteiger charge is 2.22. The molecule has 1 aromatic heterocycles. The van der Waals surface area contributed by atoms with Crippen molar-refractivity contribution in [2.75, 3.05) is 17.7 Å². The van der Waals surface area contributed by atoms with E-state index in [0.717, 1.165) is 12.3 Å². The van der Waals surface area contributed by atoms with E-state index in [-0.39, 0.29) is 5.28 Å². The van der Waals surface area contributed by atoms with Gasteiger partial charge in [0, 0.05) is 13.1 Å². The lowest BCUT2D eigenvalue weighted by atomic mass is 10.1. The van der Waals surface area contributed by atoms with Crippen LogP contribution < -0.4 is 10.6 Å². The average Bonchev–Trinajstić information content (AvgIpc) is 2.63. The van der Waals surface area contributed by atoms with Crippen LogP contribution in [0.2, 0.25) is 5.28 Å². The van der Waals surface area contributed by atoms with Gasteiger partial charge in [-0.2, -0.15) is 15.0 Å². The van der Waals surface area contributed by atoms with E-state index >= 15 is 0 Å². The Hall–Kier alpha value is -1.10. The van der Waals surface area contributed by atoms with Crippen molar-refractivity contribution >= 4 is 23.5 Å². The third kappa shape index (κ3) is 2.72. The summed E-state index contributed by atoms with van der Waals surface area (Å²) in [6, 6.07) is 0.457. The summed E-state index contributed by atoms with van der Waals surface area (Å²) in [6.45, 7) is 2.26. The Labute approximate surface area is 100 Å². The van der Waals surface area contributed by atoms with Crippen molar-refractivity contribution < 1.29 is 0 Å². The third-order valence-electron chi connectivity index (χ3n) is 2.86. The summed E-state index contributed by atoms with van der Waals surface area (Å²) in [6.07, 6.45) is 3.59. The molecule has 6 heteroatoms. The van der Waals surface area contributed by atoms with Crippen LogP contribution in [0.15, 0.2) is 0 Å². The van der Waals surface area contributed by atoms with Gasteiger partial charge in [0.05, 0.1) is 0 Å². The highest BCUT2D eigenvalue weighted by molar-refractivity contribution is 6.28. The Balaban J connectivity index is 2.06. The third-order valence-corrected chi connectivity index (χ3v) is 3.03. The van der Waals surface area contributed by atoms with Crippen LogP contribution in [0.1, 0.15) is 26.2 Å². The first-order chi connectivity index (χ1) is 7.67. The smallest absolute Gasteiger partial charge is 0.229 e. The van der Waals surface area contributed by atoms with Crippen molar-refractivity contribution in [2.45, 2.75) is 32.2 Å². The minimum atomic E-state index is 0.216. The molecule has 1 aromatic rings. The van der Waals surface area contributed by atoms with Crippen LogP contribution in [-0.2, 0) is 0 Å². The van der Waals surface area contributed by atoms with Crippen LogP contribution in [0.25, 0.3) is 0 Å². The van der Waals surface area contributed by atoms with Crippen molar-refractivity contribution in [3.05, 3.63) is 5.28 Å². The lowest BCUT2D eigenvalue weighted by Gasteiger charge is -2.12. The number of hydrogen-bond donors (Lipinski definition) is 2. The molecule has 16 heavy (non-hydrogen) atoms. The Kier molecular flexibility index (Phi) is 3.43. The molecule has 0 spiro atoms. The molecule has 1 fully saturated rings. The normalized spacial score (nSPS) is 24.4. The number of nitrogens with zero attached hydrogens (tertiary/aromatic N) is 3. The molecule has 2 unspecified atom stereocenters. The molecule has 1 aliphatic carbocycles. The standard InChI is InChI=1S/C10H16ClN5/c1-6-3-4-7(5-6)13-10-15-8(11)14-9(12-2)16-10/h6-7H,3-5H2,1-2H3,(H2,12,13,14,15,16). The maximum Gasteiger partial charge on any atom is 0.229 e. The number of anilines is 2. The van der Waals surface area contributed by atoms with Gasteiger partial charge in [0.2, 0.25) is 17.2 Å². The van der Waals surface area contributed by atoms with Gasteiger partial charge in [0.15, 0.2) is 0 Å². The van der Waals surface area contributed by atoms with E-state index in [1.165, 1.54) is 12.8 Å². The molecule has 0 aromatic carbocycles. The van der Waals surface area contributed by atoms with Gasteiger partial charge in [-0.15, -0.1) is 0 Å². The SMILES string of the molecule is CNc1nc(Cl)nc(NC2CCC(C)C2)n1. The summed E-state index contributed by atoms with van der Waals surface area (Å²) >= 11 is 5.80. The highest BCUT2D eigenvalue weighted by atomic mass is 35.5. The molecule has 2 rings (SSSR count). The van der Waals surface area contributed by atoms with Gasteiger partial charge in [0.1, 0.15) is 0 Å². The second-order valence-corrected chi connectivity index (χ2v) is 4.60. The molecule has 0 radical (unpaired) electrons. The second kappa shape index (κ2) is 4.82.